The van der Waals surface area contributed by atoms with Gasteiger partial charge in [-0.05, 0) is 51.8 Å². The Morgan fingerprint density at radius 1 is 0.912 bits per heavy atom. The Hall–Kier alpha value is -2.91. The third kappa shape index (κ3) is 7.85. The molecule has 0 saturated carbocycles. The number of amides is 1. The van der Waals surface area contributed by atoms with E-state index in [0.717, 1.165) is 16.7 Å². The number of guanidine groups is 1. The first kappa shape index (κ1) is 27.3. The van der Waals surface area contributed by atoms with Gasteiger partial charge in [-0.15, -0.1) is 0 Å². The number of aliphatic imine (C=N–C) groups is 1. The van der Waals surface area contributed by atoms with Crippen LogP contribution in [0.5, 0.6) is 0 Å². The fraction of sp³-hybridized carbons (Fsp3) is 0.440. The lowest BCUT2D eigenvalue weighted by molar-refractivity contribution is 0.0954. The summed E-state index contributed by atoms with van der Waals surface area (Å²) >= 11 is 0. The predicted octanol–water partition coefficient (Wildman–Crippen LogP) is 2.76. The molecule has 0 aliphatic carbocycles. The number of carbonyl (C=O) groups is 1. The van der Waals surface area contributed by atoms with E-state index < -0.39 is 10.0 Å². The zero-order chi connectivity index (χ0) is 25.7. The van der Waals surface area contributed by atoms with Crippen molar-refractivity contribution in [2.24, 2.45) is 16.5 Å². The molecule has 0 radical (unpaired) electrons. The van der Waals surface area contributed by atoms with Gasteiger partial charge in [0.15, 0.2) is 5.96 Å². The van der Waals surface area contributed by atoms with Crippen LogP contribution < -0.4 is 21.5 Å². The van der Waals surface area contributed by atoms with Crippen LogP contribution in [0.3, 0.4) is 0 Å². The van der Waals surface area contributed by atoms with E-state index in [1.165, 1.54) is 0 Å². The highest BCUT2D eigenvalue weighted by Crippen LogP contribution is 2.31. The van der Waals surface area contributed by atoms with Crippen molar-refractivity contribution in [3.63, 3.8) is 0 Å². The lowest BCUT2D eigenvalue weighted by atomic mass is 9.81. The largest absolute Gasteiger partial charge is 0.370 e. The maximum absolute atomic E-state index is 13.1. The Labute approximate surface area is 203 Å². The molecule has 186 valence electrons. The quantitative estimate of drug-likeness (QED) is 0.257. The minimum absolute atomic E-state index is 0.0270. The number of hydrogen-bond acceptors (Lipinski definition) is 4. The van der Waals surface area contributed by atoms with E-state index in [1.807, 2.05) is 0 Å². The summed E-state index contributed by atoms with van der Waals surface area (Å²) < 4.78 is 28.9. The maximum atomic E-state index is 13.1. The van der Waals surface area contributed by atoms with Crippen molar-refractivity contribution < 1.29 is 13.2 Å². The van der Waals surface area contributed by atoms with E-state index in [4.69, 9.17) is 11.5 Å². The maximum Gasteiger partial charge on any atom is 0.251 e. The molecule has 0 aromatic heterocycles. The molecule has 1 amide bonds. The molecule has 0 unspecified atom stereocenters. The van der Waals surface area contributed by atoms with Gasteiger partial charge in [0, 0.05) is 18.7 Å². The Morgan fingerprint density at radius 3 is 1.91 bits per heavy atom. The molecule has 0 spiro atoms. The first-order valence-corrected chi connectivity index (χ1v) is 12.7. The van der Waals surface area contributed by atoms with Crippen molar-refractivity contribution in [1.82, 2.24) is 10.0 Å². The molecule has 0 fully saturated rings. The second kappa shape index (κ2) is 10.6. The molecule has 2 rings (SSSR count). The van der Waals surface area contributed by atoms with Crippen LogP contribution in [0.4, 0.5) is 0 Å². The normalized spacial score (nSPS) is 12.3. The molecule has 0 aliphatic rings. The van der Waals surface area contributed by atoms with Crippen molar-refractivity contribution in [3.05, 3.63) is 64.7 Å². The Balaban J connectivity index is 2.13. The summed E-state index contributed by atoms with van der Waals surface area (Å²) in [6.07, 6.45) is 0. The van der Waals surface area contributed by atoms with Crippen LogP contribution in [0, 0.1) is 0 Å². The van der Waals surface area contributed by atoms with Gasteiger partial charge in [-0.3, -0.25) is 9.79 Å². The van der Waals surface area contributed by atoms with Crippen molar-refractivity contribution >= 4 is 21.9 Å². The second-order valence-corrected chi connectivity index (χ2v) is 12.1. The number of hydrogen-bond donors (Lipinski definition) is 4. The molecular weight excluding hydrogens is 450 g/mol. The number of nitrogens with zero attached hydrogens (tertiary/aromatic N) is 1. The summed E-state index contributed by atoms with van der Waals surface area (Å²) in [6, 6.07) is 12.3. The summed E-state index contributed by atoms with van der Waals surface area (Å²) in [5, 5.41) is 2.72. The highest BCUT2D eigenvalue weighted by atomic mass is 32.2. The van der Waals surface area contributed by atoms with Gasteiger partial charge in [-0.1, -0.05) is 59.7 Å². The fourth-order valence-corrected chi connectivity index (χ4v) is 4.20. The van der Waals surface area contributed by atoms with E-state index in [9.17, 15) is 13.2 Å². The Morgan fingerprint density at radius 2 is 1.44 bits per heavy atom. The number of nitrogens with two attached hydrogens (primary N) is 2. The van der Waals surface area contributed by atoms with E-state index in [1.54, 1.807) is 36.4 Å². The van der Waals surface area contributed by atoms with Crippen LogP contribution in [0.15, 0.2) is 52.4 Å². The summed E-state index contributed by atoms with van der Waals surface area (Å²) in [7, 11) is -3.73. The molecule has 0 aliphatic heterocycles. The summed E-state index contributed by atoms with van der Waals surface area (Å²) in [5.41, 5.74) is 13.3. The Kier molecular flexibility index (Phi) is 8.50. The monoisotopic (exact) mass is 487 g/mol. The van der Waals surface area contributed by atoms with Gasteiger partial charge in [-0.2, -0.15) is 0 Å². The minimum atomic E-state index is -3.73. The zero-order valence-corrected chi connectivity index (χ0v) is 21.7. The SMILES string of the molecule is CC(C)(C)c1cc(C(C)(C)C)cc(S(=O)(=O)NCc2ccc(C(=O)NCCN=C(N)N)cc2)c1. The van der Waals surface area contributed by atoms with Crippen molar-refractivity contribution in [3.8, 4) is 0 Å². The molecule has 6 N–H and O–H groups in total. The molecule has 2 aromatic rings. The topological polar surface area (TPSA) is 140 Å². The van der Waals surface area contributed by atoms with E-state index in [2.05, 4.69) is 62.6 Å². The fourth-order valence-electron chi connectivity index (χ4n) is 3.11. The minimum Gasteiger partial charge on any atom is -0.370 e. The van der Waals surface area contributed by atoms with Gasteiger partial charge in [0.2, 0.25) is 10.0 Å². The number of nitrogens with one attached hydrogen (secondary N) is 2. The lowest BCUT2D eigenvalue weighted by Crippen LogP contribution is -2.28. The third-order valence-corrected chi connectivity index (χ3v) is 6.70. The van der Waals surface area contributed by atoms with Crippen LogP contribution in [-0.2, 0) is 27.4 Å². The molecule has 34 heavy (non-hydrogen) atoms. The smallest absolute Gasteiger partial charge is 0.251 e. The highest BCUT2D eigenvalue weighted by Gasteiger charge is 2.24. The molecule has 0 bridgehead atoms. The molecule has 2 aromatic carbocycles. The number of benzene rings is 2. The first-order valence-electron chi connectivity index (χ1n) is 11.2. The van der Waals surface area contributed by atoms with Crippen LogP contribution in [0.2, 0.25) is 0 Å². The number of sulfonamides is 1. The van der Waals surface area contributed by atoms with Crippen LogP contribution in [-0.4, -0.2) is 33.4 Å². The summed E-state index contributed by atoms with van der Waals surface area (Å²) in [6.45, 7) is 13.1. The molecule has 9 heteroatoms. The standard InChI is InChI=1S/C25H37N5O3S/c1-24(2,3)19-13-20(25(4,5)6)15-21(14-19)34(32,33)30-16-17-7-9-18(10-8-17)22(31)28-11-12-29-23(26)27/h7-10,13-15,30H,11-12,16H2,1-6H3,(H,28,31)(H4,26,27,29). The van der Waals surface area contributed by atoms with Crippen molar-refractivity contribution in [2.75, 3.05) is 13.1 Å². The average Bonchev–Trinajstić information content (AvgIpc) is 2.74. The molecule has 0 saturated heterocycles. The van der Waals surface area contributed by atoms with Crippen LogP contribution in [0.25, 0.3) is 0 Å². The second-order valence-electron chi connectivity index (χ2n) is 10.3. The average molecular weight is 488 g/mol. The van der Waals surface area contributed by atoms with Crippen molar-refractivity contribution in [2.45, 2.75) is 63.8 Å². The zero-order valence-electron chi connectivity index (χ0n) is 20.9. The van der Waals surface area contributed by atoms with Gasteiger partial charge >= 0.3 is 0 Å². The molecule has 0 heterocycles. The Bertz CT molecular complexity index is 1110. The number of rotatable bonds is 8. The van der Waals surface area contributed by atoms with Crippen molar-refractivity contribution in [1.29, 1.82) is 0 Å². The van der Waals surface area contributed by atoms with Crippen LogP contribution >= 0.6 is 0 Å². The summed E-state index contributed by atoms with van der Waals surface area (Å²) in [5.74, 6) is -0.285. The predicted molar refractivity (Wildman–Crippen MR) is 137 cm³/mol. The van der Waals surface area contributed by atoms with Gasteiger partial charge in [-0.25, -0.2) is 13.1 Å². The first-order chi connectivity index (χ1) is 15.6. The van der Waals surface area contributed by atoms with Crippen LogP contribution in [0.1, 0.15) is 68.6 Å². The number of carbonyl (C=O) groups excluding carboxylic acids is 1. The van der Waals surface area contributed by atoms with E-state index >= 15 is 0 Å². The molecule has 0 atom stereocenters. The summed E-state index contributed by atoms with van der Waals surface area (Å²) in [4.78, 5) is 16.3. The van der Waals surface area contributed by atoms with Gasteiger partial charge in [0.05, 0.1) is 11.4 Å². The lowest BCUT2D eigenvalue weighted by Gasteiger charge is -2.26. The molecular formula is C25H37N5O3S. The highest BCUT2D eigenvalue weighted by molar-refractivity contribution is 7.89. The van der Waals surface area contributed by atoms with Gasteiger partial charge < -0.3 is 16.8 Å². The van der Waals surface area contributed by atoms with Gasteiger partial charge in [0.25, 0.3) is 5.91 Å². The third-order valence-electron chi connectivity index (χ3n) is 5.32. The van der Waals surface area contributed by atoms with Gasteiger partial charge in [0.1, 0.15) is 0 Å². The van der Waals surface area contributed by atoms with E-state index in [-0.39, 0.29) is 34.1 Å². The molecule has 8 nitrogen and oxygen atoms in total. The van der Waals surface area contributed by atoms with E-state index in [0.29, 0.717) is 18.7 Å².